The third kappa shape index (κ3) is 4.97. The van der Waals surface area contributed by atoms with Crippen molar-refractivity contribution in [3.05, 3.63) is 29.8 Å². The third-order valence-electron chi connectivity index (χ3n) is 4.30. The predicted molar refractivity (Wildman–Crippen MR) is 84.9 cm³/mol. The van der Waals surface area contributed by atoms with Crippen LogP contribution < -0.4 is 10.6 Å². The lowest BCUT2D eigenvalue weighted by atomic mass is 9.85. The van der Waals surface area contributed by atoms with E-state index in [-0.39, 0.29) is 37.1 Å². The number of ketones is 1. The third-order valence-corrected chi connectivity index (χ3v) is 4.30. The Hall–Kier alpha value is -2.05. The van der Waals surface area contributed by atoms with Crippen molar-refractivity contribution in [3.8, 4) is 0 Å². The van der Waals surface area contributed by atoms with E-state index in [2.05, 4.69) is 10.6 Å². The van der Waals surface area contributed by atoms with Crippen molar-refractivity contribution >= 4 is 17.4 Å². The minimum atomic E-state index is -4.15. The van der Waals surface area contributed by atoms with Gasteiger partial charge in [-0.2, -0.15) is 13.2 Å². The van der Waals surface area contributed by atoms with Gasteiger partial charge in [-0.1, -0.05) is 12.1 Å². The first-order chi connectivity index (χ1) is 11.3. The molecule has 1 aromatic carbocycles. The number of carbonyl (C=O) groups excluding carboxylic acids is 2. The number of nitrogens with one attached hydrogen (secondary N) is 2. The number of rotatable bonds is 5. The molecule has 0 aliphatic heterocycles. The fourth-order valence-corrected chi connectivity index (χ4v) is 2.96. The van der Waals surface area contributed by atoms with Crippen LogP contribution in [-0.4, -0.2) is 30.5 Å². The molecule has 0 radical (unpaired) electrons. The van der Waals surface area contributed by atoms with Gasteiger partial charge in [-0.25, -0.2) is 0 Å². The second kappa shape index (κ2) is 7.68. The van der Waals surface area contributed by atoms with Gasteiger partial charge in [0.25, 0.3) is 0 Å². The van der Waals surface area contributed by atoms with Gasteiger partial charge in [0.1, 0.15) is 0 Å². The SMILES string of the molecule is CC(=O)c1ccccc1NCC(=O)NC1CCC(C(F)(F)F)CC1. The number of hydrogen-bond acceptors (Lipinski definition) is 3. The number of anilines is 1. The van der Waals surface area contributed by atoms with Crippen molar-refractivity contribution in [3.63, 3.8) is 0 Å². The van der Waals surface area contributed by atoms with E-state index in [0.29, 0.717) is 24.1 Å². The highest BCUT2D eigenvalue weighted by Crippen LogP contribution is 2.37. The molecule has 1 aliphatic carbocycles. The molecule has 1 saturated carbocycles. The summed E-state index contributed by atoms with van der Waals surface area (Å²) in [5.74, 6) is -1.65. The zero-order valence-corrected chi connectivity index (χ0v) is 13.5. The van der Waals surface area contributed by atoms with Gasteiger partial charge in [0.15, 0.2) is 5.78 Å². The summed E-state index contributed by atoms with van der Waals surface area (Å²) in [6.45, 7) is 1.42. The standard InChI is InChI=1S/C17H21F3N2O2/c1-11(23)14-4-2-3-5-15(14)21-10-16(24)22-13-8-6-12(7-9-13)17(18,19)20/h2-5,12-13,21H,6-10H2,1H3,(H,22,24). The lowest BCUT2D eigenvalue weighted by Crippen LogP contribution is -2.42. The van der Waals surface area contributed by atoms with Crippen LogP contribution in [0.2, 0.25) is 0 Å². The Labute approximate surface area is 138 Å². The number of para-hydroxylation sites is 1. The summed E-state index contributed by atoms with van der Waals surface area (Å²) in [4.78, 5) is 23.5. The van der Waals surface area contributed by atoms with Gasteiger partial charge in [0.2, 0.25) is 5.91 Å². The Bertz CT molecular complexity index is 594. The molecule has 4 nitrogen and oxygen atoms in total. The van der Waals surface area contributed by atoms with Crippen LogP contribution in [0.4, 0.5) is 18.9 Å². The van der Waals surface area contributed by atoms with E-state index in [1.807, 2.05) is 0 Å². The van der Waals surface area contributed by atoms with E-state index in [1.54, 1.807) is 24.3 Å². The minimum Gasteiger partial charge on any atom is -0.376 e. The summed E-state index contributed by atoms with van der Waals surface area (Å²) >= 11 is 0. The van der Waals surface area contributed by atoms with Crippen LogP contribution in [0.15, 0.2) is 24.3 Å². The molecule has 0 spiro atoms. The summed E-state index contributed by atoms with van der Waals surface area (Å²) in [5.41, 5.74) is 1.07. The van der Waals surface area contributed by atoms with Crippen LogP contribution in [0.5, 0.6) is 0 Å². The summed E-state index contributed by atoms with van der Waals surface area (Å²) in [6, 6.07) is 6.65. The van der Waals surface area contributed by atoms with Crippen molar-refractivity contribution in [1.82, 2.24) is 5.32 Å². The molecule has 7 heteroatoms. The number of halogens is 3. The predicted octanol–water partition coefficient (Wildman–Crippen LogP) is 3.54. The topological polar surface area (TPSA) is 58.2 Å². The van der Waals surface area contributed by atoms with Gasteiger partial charge in [-0.05, 0) is 44.7 Å². The maximum Gasteiger partial charge on any atom is 0.391 e. The summed E-state index contributed by atoms with van der Waals surface area (Å²) < 4.78 is 37.9. The molecule has 2 rings (SSSR count). The monoisotopic (exact) mass is 342 g/mol. The van der Waals surface area contributed by atoms with E-state index in [4.69, 9.17) is 0 Å². The highest BCUT2D eigenvalue weighted by molar-refractivity contribution is 6.00. The average molecular weight is 342 g/mol. The summed E-state index contributed by atoms with van der Waals surface area (Å²) in [5, 5.41) is 5.66. The van der Waals surface area contributed by atoms with E-state index < -0.39 is 12.1 Å². The zero-order valence-electron chi connectivity index (χ0n) is 13.5. The van der Waals surface area contributed by atoms with Gasteiger partial charge >= 0.3 is 6.18 Å². The van der Waals surface area contributed by atoms with Crippen LogP contribution in [0.25, 0.3) is 0 Å². The van der Waals surface area contributed by atoms with Gasteiger partial charge in [-0.15, -0.1) is 0 Å². The fourth-order valence-electron chi connectivity index (χ4n) is 2.96. The van der Waals surface area contributed by atoms with E-state index >= 15 is 0 Å². The van der Waals surface area contributed by atoms with Crippen molar-refractivity contribution < 1.29 is 22.8 Å². The number of Topliss-reactive ketones (excluding diaryl/α,β-unsaturated/α-hetero) is 1. The molecule has 1 aliphatic rings. The van der Waals surface area contributed by atoms with Crippen LogP contribution >= 0.6 is 0 Å². The molecule has 132 valence electrons. The lowest BCUT2D eigenvalue weighted by Gasteiger charge is -2.30. The maximum atomic E-state index is 12.6. The second-order valence-corrected chi connectivity index (χ2v) is 6.11. The Morgan fingerprint density at radius 2 is 1.75 bits per heavy atom. The van der Waals surface area contributed by atoms with Crippen LogP contribution in [0.1, 0.15) is 43.0 Å². The van der Waals surface area contributed by atoms with Crippen molar-refractivity contribution in [2.24, 2.45) is 5.92 Å². The molecular formula is C17H21F3N2O2. The van der Waals surface area contributed by atoms with E-state index in [1.165, 1.54) is 6.92 Å². The summed E-state index contributed by atoms with van der Waals surface area (Å²) in [6.07, 6.45) is -3.38. The normalized spacial score (nSPS) is 21.2. The highest BCUT2D eigenvalue weighted by Gasteiger charge is 2.41. The van der Waals surface area contributed by atoms with Crippen molar-refractivity contribution in [1.29, 1.82) is 0 Å². The van der Waals surface area contributed by atoms with Gasteiger partial charge in [0, 0.05) is 17.3 Å². The first-order valence-corrected chi connectivity index (χ1v) is 7.97. The zero-order chi connectivity index (χ0) is 17.7. The Kier molecular flexibility index (Phi) is 5.85. The molecule has 1 amide bonds. The van der Waals surface area contributed by atoms with Crippen molar-refractivity contribution in [2.45, 2.75) is 44.8 Å². The highest BCUT2D eigenvalue weighted by atomic mass is 19.4. The molecule has 24 heavy (non-hydrogen) atoms. The van der Waals surface area contributed by atoms with Crippen molar-refractivity contribution in [2.75, 3.05) is 11.9 Å². The number of amides is 1. The number of alkyl halides is 3. The first kappa shape index (κ1) is 18.3. The molecule has 0 unspecified atom stereocenters. The molecule has 0 aromatic heterocycles. The minimum absolute atomic E-state index is 0.0243. The van der Waals surface area contributed by atoms with Crippen LogP contribution in [0.3, 0.4) is 0 Å². The maximum absolute atomic E-state index is 12.6. The number of hydrogen-bond donors (Lipinski definition) is 2. The lowest BCUT2D eigenvalue weighted by molar-refractivity contribution is -0.182. The van der Waals surface area contributed by atoms with Gasteiger partial charge < -0.3 is 10.6 Å². The largest absolute Gasteiger partial charge is 0.391 e. The van der Waals surface area contributed by atoms with Crippen LogP contribution in [0, 0.1) is 5.92 Å². The smallest absolute Gasteiger partial charge is 0.376 e. The van der Waals surface area contributed by atoms with Crippen LogP contribution in [-0.2, 0) is 4.79 Å². The Morgan fingerprint density at radius 1 is 1.12 bits per heavy atom. The molecule has 0 saturated heterocycles. The quantitative estimate of drug-likeness (QED) is 0.805. The average Bonchev–Trinajstić information content (AvgIpc) is 2.53. The Morgan fingerprint density at radius 3 is 2.33 bits per heavy atom. The fraction of sp³-hybridized carbons (Fsp3) is 0.529. The van der Waals surface area contributed by atoms with Gasteiger partial charge in [0.05, 0.1) is 12.5 Å². The number of carbonyl (C=O) groups is 2. The van der Waals surface area contributed by atoms with Gasteiger partial charge in [-0.3, -0.25) is 9.59 Å². The molecule has 0 bridgehead atoms. The molecule has 0 atom stereocenters. The first-order valence-electron chi connectivity index (χ1n) is 7.97. The molecule has 2 N–H and O–H groups in total. The van der Waals surface area contributed by atoms with E-state index in [9.17, 15) is 22.8 Å². The number of benzene rings is 1. The second-order valence-electron chi connectivity index (χ2n) is 6.11. The molecule has 1 fully saturated rings. The Balaban J connectivity index is 1.80. The summed E-state index contributed by atoms with van der Waals surface area (Å²) in [7, 11) is 0. The molecular weight excluding hydrogens is 321 g/mol. The molecule has 0 heterocycles. The molecule has 1 aromatic rings. The van der Waals surface area contributed by atoms with E-state index in [0.717, 1.165) is 0 Å².